The zero-order chi connectivity index (χ0) is 10.1. The number of aliphatic imine (C=N–C) groups is 1. The number of rotatable bonds is 5. The average Bonchev–Trinajstić information content (AvgIpc) is 2.16. The van der Waals surface area contributed by atoms with E-state index in [1.807, 2.05) is 0 Å². The van der Waals surface area contributed by atoms with Crippen molar-refractivity contribution < 1.29 is 9.53 Å². The maximum Gasteiger partial charge on any atom is 0.337 e. The van der Waals surface area contributed by atoms with Crippen LogP contribution in [0.15, 0.2) is 29.3 Å². The summed E-state index contributed by atoms with van der Waals surface area (Å²) in [4.78, 5) is 14.9. The summed E-state index contributed by atoms with van der Waals surface area (Å²) in [6.45, 7) is 6.37. The molecular formula is C10H15NO2. The van der Waals surface area contributed by atoms with Crippen molar-refractivity contribution in [1.29, 1.82) is 0 Å². The minimum absolute atomic E-state index is 0.324. The van der Waals surface area contributed by atoms with Crippen molar-refractivity contribution in [1.82, 2.24) is 0 Å². The van der Waals surface area contributed by atoms with Gasteiger partial charge in [-0.1, -0.05) is 13.5 Å². The highest BCUT2D eigenvalue weighted by Gasteiger charge is 1.99. The molecular weight excluding hydrogens is 166 g/mol. The second-order valence-electron chi connectivity index (χ2n) is 2.43. The summed E-state index contributed by atoms with van der Waals surface area (Å²) in [6.07, 6.45) is 5.92. The second-order valence-corrected chi connectivity index (χ2v) is 2.43. The number of hydrogen-bond donors (Lipinski definition) is 0. The van der Waals surface area contributed by atoms with Gasteiger partial charge in [0.05, 0.1) is 12.7 Å². The summed E-state index contributed by atoms with van der Waals surface area (Å²) in [5, 5.41) is 0. The fourth-order valence-corrected chi connectivity index (χ4v) is 0.623. The van der Waals surface area contributed by atoms with Gasteiger partial charge in [0.2, 0.25) is 0 Å². The van der Waals surface area contributed by atoms with Crippen molar-refractivity contribution in [3.63, 3.8) is 0 Å². The number of methoxy groups -OCH3 is 1. The SMILES string of the molecule is C=C(/C=C\C=NCCC)C(=O)OC. The van der Waals surface area contributed by atoms with Crippen molar-refractivity contribution in [2.45, 2.75) is 13.3 Å². The third-order valence-electron chi connectivity index (χ3n) is 1.29. The molecule has 0 unspecified atom stereocenters. The summed E-state index contributed by atoms with van der Waals surface area (Å²) >= 11 is 0. The van der Waals surface area contributed by atoms with Crippen molar-refractivity contribution in [2.24, 2.45) is 4.99 Å². The third kappa shape index (κ3) is 5.84. The van der Waals surface area contributed by atoms with Crippen molar-refractivity contribution in [3.8, 4) is 0 Å². The molecule has 0 saturated heterocycles. The van der Waals surface area contributed by atoms with E-state index < -0.39 is 5.97 Å². The molecule has 0 saturated carbocycles. The van der Waals surface area contributed by atoms with Crippen LogP contribution in [0.5, 0.6) is 0 Å². The van der Waals surface area contributed by atoms with Crippen LogP contribution in [0, 0.1) is 0 Å². The van der Waals surface area contributed by atoms with E-state index in [1.54, 1.807) is 18.4 Å². The first kappa shape index (κ1) is 11.6. The van der Waals surface area contributed by atoms with Gasteiger partial charge in [0, 0.05) is 12.8 Å². The Hall–Kier alpha value is -1.38. The van der Waals surface area contributed by atoms with E-state index in [-0.39, 0.29) is 0 Å². The predicted octanol–water partition coefficient (Wildman–Crippen LogP) is 1.75. The third-order valence-corrected chi connectivity index (χ3v) is 1.29. The molecule has 0 aliphatic carbocycles. The fraction of sp³-hybridized carbons (Fsp3) is 0.400. The van der Waals surface area contributed by atoms with Crippen LogP contribution in [0.4, 0.5) is 0 Å². The lowest BCUT2D eigenvalue weighted by atomic mass is 10.3. The molecule has 72 valence electrons. The van der Waals surface area contributed by atoms with Gasteiger partial charge in [-0.05, 0) is 18.6 Å². The van der Waals surface area contributed by atoms with E-state index in [9.17, 15) is 4.79 Å². The molecule has 0 rings (SSSR count). The summed E-state index contributed by atoms with van der Waals surface area (Å²) in [5.74, 6) is -0.417. The predicted molar refractivity (Wildman–Crippen MR) is 53.9 cm³/mol. The van der Waals surface area contributed by atoms with Gasteiger partial charge in [0.15, 0.2) is 0 Å². The van der Waals surface area contributed by atoms with Crippen molar-refractivity contribution in [2.75, 3.05) is 13.7 Å². The lowest BCUT2D eigenvalue weighted by Crippen LogP contribution is -2.00. The molecule has 0 heterocycles. The zero-order valence-electron chi connectivity index (χ0n) is 8.12. The lowest BCUT2D eigenvalue weighted by molar-refractivity contribution is -0.135. The van der Waals surface area contributed by atoms with Crippen molar-refractivity contribution >= 4 is 12.2 Å². The molecule has 13 heavy (non-hydrogen) atoms. The Morgan fingerprint density at radius 3 is 2.85 bits per heavy atom. The molecule has 0 amide bonds. The number of carbonyl (C=O) groups excluding carboxylic acids is 1. The molecule has 0 aliphatic heterocycles. The molecule has 0 fully saturated rings. The molecule has 3 heteroatoms. The number of esters is 1. The Balaban J connectivity index is 3.84. The van der Waals surface area contributed by atoms with Crippen LogP contribution in [-0.2, 0) is 9.53 Å². The van der Waals surface area contributed by atoms with E-state index in [2.05, 4.69) is 23.2 Å². The molecule has 0 spiro atoms. The van der Waals surface area contributed by atoms with Gasteiger partial charge < -0.3 is 4.74 Å². The van der Waals surface area contributed by atoms with E-state index >= 15 is 0 Å². The molecule has 0 radical (unpaired) electrons. The molecule has 0 aromatic rings. The highest BCUT2D eigenvalue weighted by atomic mass is 16.5. The van der Waals surface area contributed by atoms with Crippen LogP contribution in [0.3, 0.4) is 0 Å². The highest BCUT2D eigenvalue weighted by molar-refractivity contribution is 5.91. The summed E-state index contributed by atoms with van der Waals surface area (Å²) < 4.78 is 4.46. The minimum Gasteiger partial charge on any atom is -0.465 e. The highest BCUT2D eigenvalue weighted by Crippen LogP contribution is 1.94. The van der Waals surface area contributed by atoms with Gasteiger partial charge in [-0.15, -0.1) is 0 Å². The first-order valence-electron chi connectivity index (χ1n) is 4.16. The van der Waals surface area contributed by atoms with Gasteiger partial charge in [-0.25, -0.2) is 4.79 Å². The second kappa shape index (κ2) is 7.28. The standard InChI is InChI=1S/C10H15NO2/c1-4-7-11-8-5-6-9(2)10(12)13-3/h5-6,8H,2,4,7H2,1,3H3/b6-5-,11-8?. The average molecular weight is 181 g/mol. The smallest absolute Gasteiger partial charge is 0.337 e. The largest absolute Gasteiger partial charge is 0.465 e. The van der Waals surface area contributed by atoms with Gasteiger partial charge in [-0.2, -0.15) is 0 Å². The minimum atomic E-state index is -0.417. The normalized spacial score (nSPS) is 10.9. The molecule has 0 aromatic carbocycles. The van der Waals surface area contributed by atoms with Gasteiger partial charge >= 0.3 is 5.97 Å². The molecule has 0 aliphatic rings. The van der Waals surface area contributed by atoms with Gasteiger partial charge in [-0.3, -0.25) is 4.99 Å². The Labute approximate surface area is 78.8 Å². The number of hydrogen-bond acceptors (Lipinski definition) is 3. The Kier molecular flexibility index (Phi) is 6.51. The van der Waals surface area contributed by atoms with Crippen LogP contribution < -0.4 is 0 Å². The number of carbonyl (C=O) groups is 1. The number of allylic oxidation sites excluding steroid dienone is 1. The van der Waals surface area contributed by atoms with E-state index in [0.29, 0.717) is 5.57 Å². The van der Waals surface area contributed by atoms with Crippen molar-refractivity contribution in [3.05, 3.63) is 24.3 Å². The molecule has 3 nitrogen and oxygen atoms in total. The van der Waals surface area contributed by atoms with E-state index in [4.69, 9.17) is 0 Å². The fourth-order valence-electron chi connectivity index (χ4n) is 0.623. The lowest BCUT2D eigenvalue weighted by Gasteiger charge is -1.94. The number of nitrogens with zero attached hydrogens (tertiary/aromatic N) is 1. The summed E-state index contributed by atoms with van der Waals surface area (Å²) in [5.41, 5.74) is 0.324. The van der Waals surface area contributed by atoms with E-state index in [1.165, 1.54) is 7.11 Å². The number of ether oxygens (including phenoxy) is 1. The quantitative estimate of drug-likeness (QED) is 0.280. The van der Waals surface area contributed by atoms with Crippen LogP contribution in [0.25, 0.3) is 0 Å². The zero-order valence-corrected chi connectivity index (χ0v) is 8.12. The Bertz CT molecular complexity index is 229. The molecule has 0 N–H and O–H groups in total. The monoisotopic (exact) mass is 181 g/mol. The molecule has 0 bridgehead atoms. The van der Waals surface area contributed by atoms with Crippen LogP contribution in [0.1, 0.15) is 13.3 Å². The van der Waals surface area contributed by atoms with Crippen LogP contribution in [-0.4, -0.2) is 25.8 Å². The Morgan fingerprint density at radius 2 is 2.31 bits per heavy atom. The van der Waals surface area contributed by atoms with Gasteiger partial charge in [0.1, 0.15) is 0 Å². The van der Waals surface area contributed by atoms with Gasteiger partial charge in [0.25, 0.3) is 0 Å². The summed E-state index contributed by atoms with van der Waals surface area (Å²) in [6, 6.07) is 0. The summed E-state index contributed by atoms with van der Waals surface area (Å²) in [7, 11) is 1.33. The Morgan fingerprint density at radius 1 is 1.62 bits per heavy atom. The topological polar surface area (TPSA) is 38.7 Å². The first-order chi connectivity index (χ1) is 6.22. The van der Waals surface area contributed by atoms with Crippen LogP contribution in [0.2, 0.25) is 0 Å². The van der Waals surface area contributed by atoms with Crippen LogP contribution >= 0.6 is 0 Å². The maximum absolute atomic E-state index is 10.8. The molecule has 0 aromatic heterocycles. The molecule has 0 atom stereocenters. The first-order valence-corrected chi connectivity index (χ1v) is 4.16. The van der Waals surface area contributed by atoms with E-state index in [0.717, 1.165) is 13.0 Å². The maximum atomic E-state index is 10.8.